The molecule has 0 aliphatic heterocycles. The van der Waals surface area contributed by atoms with Crippen molar-refractivity contribution in [2.75, 3.05) is 4.90 Å². The summed E-state index contributed by atoms with van der Waals surface area (Å²) in [4.78, 5) is 2.25. The van der Waals surface area contributed by atoms with E-state index in [4.69, 9.17) is 11.6 Å². The van der Waals surface area contributed by atoms with Gasteiger partial charge in [0, 0.05) is 38.5 Å². The zero-order chi connectivity index (χ0) is 30.2. The SMILES string of the molecule is Clc1cccc(N(c2ccc(-c3ccccc3)cc2)c2ccc(-c3ccc4c(c3)c3ccccc3n4-c3ccccc3)cc2)c1. The van der Waals surface area contributed by atoms with Crippen molar-refractivity contribution in [1.29, 1.82) is 0 Å². The van der Waals surface area contributed by atoms with Crippen molar-refractivity contribution in [3.05, 3.63) is 181 Å². The van der Waals surface area contributed by atoms with E-state index in [1.54, 1.807) is 0 Å². The minimum absolute atomic E-state index is 0.706. The molecule has 0 saturated carbocycles. The highest BCUT2D eigenvalue weighted by atomic mass is 35.5. The topological polar surface area (TPSA) is 8.17 Å². The minimum Gasteiger partial charge on any atom is -0.310 e. The molecule has 0 N–H and O–H groups in total. The molecule has 1 aromatic heterocycles. The molecule has 0 fully saturated rings. The van der Waals surface area contributed by atoms with Gasteiger partial charge in [0.2, 0.25) is 0 Å². The number of para-hydroxylation sites is 2. The standard InChI is InChI=1S/C42H29ClN2/c43-34-12-9-15-38(29-34)44(36-23-18-31(19-24-36)30-10-3-1-4-11-30)37-25-20-32(21-26-37)33-22-27-42-40(28-33)39-16-7-8-17-41(39)45(42)35-13-5-2-6-14-35/h1-29H. The van der Waals surface area contributed by atoms with Crippen LogP contribution in [-0.2, 0) is 0 Å². The van der Waals surface area contributed by atoms with Gasteiger partial charge in [0.15, 0.2) is 0 Å². The molecular formula is C42H29ClN2. The number of rotatable bonds is 6. The first-order valence-corrected chi connectivity index (χ1v) is 15.5. The lowest BCUT2D eigenvalue weighted by Gasteiger charge is -2.26. The average molecular weight is 597 g/mol. The second-order valence-electron chi connectivity index (χ2n) is 11.2. The third-order valence-corrected chi connectivity index (χ3v) is 8.68. The summed E-state index contributed by atoms with van der Waals surface area (Å²) in [5.74, 6) is 0. The molecule has 0 radical (unpaired) electrons. The fraction of sp³-hybridized carbons (Fsp3) is 0. The molecular weight excluding hydrogens is 568 g/mol. The molecule has 45 heavy (non-hydrogen) atoms. The van der Waals surface area contributed by atoms with Crippen LogP contribution >= 0.6 is 11.6 Å². The molecule has 0 bridgehead atoms. The summed E-state index contributed by atoms with van der Waals surface area (Å²) >= 11 is 6.48. The van der Waals surface area contributed by atoms with Crippen LogP contribution in [0.2, 0.25) is 5.02 Å². The van der Waals surface area contributed by atoms with Crippen LogP contribution < -0.4 is 4.90 Å². The maximum Gasteiger partial charge on any atom is 0.0541 e. The lowest BCUT2D eigenvalue weighted by molar-refractivity contribution is 1.18. The van der Waals surface area contributed by atoms with Gasteiger partial charge in [-0.3, -0.25) is 0 Å². The van der Waals surface area contributed by atoms with Crippen LogP contribution in [0.4, 0.5) is 17.1 Å². The molecule has 0 unspecified atom stereocenters. The molecule has 8 rings (SSSR count). The van der Waals surface area contributed by atoms with Crippen molar-refractivity contribution in [2.24, 2.45) is 0 Å². The predicted molar refractivity (Wildman–Crippen MR) is 191 cm³/mol. The largest absolute Gasteiger partial charge is 0.310 e. The first kappa shape index (κ1) is 27.0. The van der Waals surface area contributed by atoms with Crippen molar-refractivity contribution in [2.45, 2.75) is 0 Å². The van der Waals surface area contributed by atoms with E-state index < -0.39 is 0 Å². The molecule has 0 aliphatic carbocycles. The number of aromatic nitrogens is 1. The van der Waals surface area contributed by atoms with Gasteiger partial charge in [-0.2, -0.15) is 0 Å². The van der Waals surface area contributed by atoms with Gasteiger partial charge in [-0.15, -0.1) is 0 Å². The second kappa shape index (κ2) is 11.5. The number of benzene rings is 7. The van der Waals surface area contributed by atoms with Gasteiger partial charge in [-0.1, -0.05) is 115 Å². The molecule has 0 atom stereocenters. The Labute approximate surface area is 268 Å². The normalized spacial score (nSPS) is 11.2. The van der Waals surface area contributed by atoms with Crippen molar-refractivity contribution in [3.8, 4) is 27.9 Å². The van der Waals surface area contributed by atoms with E-state index in [2.05, 4.69) is 161 Å². The number of halogens is 1. The van der Waals surface area contributed by atoms with Crippen molar-refractivity contribution in [1.82, 2.24) is 4.57 Å². The van der Waals surface area contributed by atoms with Gasteiger partial charge in [0.1, 0.15) is 0 Å². The maximum atomic E-state index is 6.48. The fourth-order valence-electron chi connectivity index (χ4n) is 6.31. The quantitative estimate of drug-likeness (QED) is 0.185. The third kappa shape index (κ3) is 5.06. The zero-order valence-electron chi connectivity index (χ0n) is 24.5. The molecule has 2 nitrogen and oxygen atoms in total. The van der Waals surface area contributed by atoms with Crippen LogP contribution in [0.5, 0.6) is 0 Å². The Morgan fingerprint density at radius 3 is 1.62 bits per heavy atom. The number of anilines is 3. The van der Waals surface area contributed by atoms with Gasteiger partial charge in [-0.25, -0.2) is 0 Å². The summed E-state index contributed by atoms with van der Waals surface area (Å²) < 4.78 is 2.35. The van der Waals surface area contributed by atoms with E-state index in [1.165, 1.54) is 49.7 Å². The minimum atomic E-state index is 0.706. The smallest absolute Gasteiger partial charge is 0.0541 e. The highest BCUT2D eigenvalue weighted by molar-refractivity contribution is 6.30. The average Bonchev–Trinajstić information content (AvgIpc) is 3.44. The molecule has 1 heterocycles. The summed E-state index contributed by atoms with van der Waals surface area (Å²) in [7, 11) is 0. The molecule has 214 valence electrons. The first-order chi connectivity index (χ1) is 22.2. The lowest BCUT2D eigenvalue weighted by atomic mass is 10.0. The third-order valence-electron chi connectivity index (χ3n) is 8.44. The summed E-state index contributed by atoms with van der Waals surface area (Å²) in [6, 6.07) is 62.0. The molecule has 0 amide bonds. The van der Waals surface area contributed by atoms with Crippen molar-refractivity contribution in [3.63, 3.8) is 0 Å². The van der Waals surface area contributed by atoms with Crippen LogP contribution in [0.25, 0.3) is 49.7 Å². The van der Waals surface area contributed by atoms with Gasteiger partial charge in [-0.05, 0) is 95.1 Å². The number of hydrogen-bond acceptors (Lipinski definition) is 1. The molecule has 3 heteroatoms. The Morgan fingerprint density at radius 2 is 0.933 bits per heavy atom. The number of hydrogen-bond donors (Lipinski definition) is 0. The highest BCUT2D eigenvalue weighted by Crippen LogP contribution is 2.39. The summed E-state index contributed by atoms with van der Waals surface area (Å²) in [6.45, 7) is 0. The highest BCUT2D eigenvalue weighted by Gasteiger charge is 2.15. The molecule has 8 aromatic rings. The Kier molecular flexibility index (Phi) is 6.90. The first-order valence-electron chi connectivity index (χ1n) is 15.1. The van der Waals surface area contributed by atoms with Crippen molar-refractivity contribution < 1.29 is 0 Å². The molecule has 7 aromatic carbocycles. The lowest BCUT2D eigenvalue weighted by Crippen LogP contribution is -2.09. The van der Waals surface area contributed by atoms with E-state index in [-0.39, 0.29) is 0 Å². The number of fused-ring (bicyclic) bond motifs is 3. The monoisotopic (exact) mass is 596 g/mol. The van der Waals surface area contributed by atoms with E-state index in [0.29, 0.717) is 5.02 Å². The van der Waals surface area contributed by atoms with Gasteiger partial charge >= 0.3 is 0 Å². The Balaban J connectivity index is 1.19. The second-order valence-corrected chi connectivity index (χ2v) is 11.6. The van der Waals surface area contributed by atoms with Crippen molar-refractivity contribution >= 4 is 50.5 Å². The van der Waals surface area contributed by atoms with Crippen LogP contribution in [0, 0.1) is 0 Å². The van der Waals surface area contributed by atoms with Crippen LogP contribution in [-0.4, -0.2) is 4.57 Å². The van der Waals surface area contributed by atoms with E-state index in [9.17, 15) is 0 Å². The Hall–Kier alpha value is -5.57. The summed E-state index contributed by atoms with van der Waals surface area (Å²) in [5, 5.41) is 3.20. The summed E-state index contributed by atoms with van der Waals surface area (Å²) in [6.07, 6.45) is 0. The zero-order valence-corrected chi connectivity index (χ0v) is 25.3. The molecule has 0 saturated heterocycles. The van der Waals surface area contributed by atoms with Gasteiger partial charge < -0.3 is 9.47 Å². The van der Waals surface area contributed by atoms with Crippen LogP contribution in [0.15, 0.2) is 176 Å². The molecule has 0 aliphatic rings. The van der Waals surface area contributed by atoms with E-state index in [0.717, 1.165) is 17.1 Å². The Bertz CT molecular complexity index is 2250. The Morgan fingerprint density at radius 1 is 0.378 bits per heavy atom. The van der Waals surface area contributed by atoms with Crippen LogP contribution in [0.3, 0.4) is 0 Å². The number of nitrogens with zero attached hydrogens (tertiary/aromatic N) is 2. The predicted octanol–water partition coefficient (Wildman–Crippen LogP) is 12.2. The van der Waals surface area contributed by atoms with E-state index in [1.807, 2.05) is 24.3 Å². The van der Waals surface area contributed by atoms with Crippen LogP contribution in [0.1, 0.15) is 0 Å². The van der Waals surface area contributed by atoms with Gasteiger partial charge in [0.25, 0.3) is 0 Å². The van der Waals surface area contributed by atoms with E-state index >= 15 is 0 Å². The molecule has 0 spiro atoms. The maximum absolute atomic E-state index is 6.48. The van der Waals surface area contributed by atoms with Gasteiger partial charge in [0.05, 0.1) is 11.0 Å². The summed E-state index contributed by atoms with van der Waals surface area (Å²) in [5.41, 5.74) is 11.5. The fourth-order valence-corrected chi connectivity index (χ4v) is 6.49.